The van der Waals surface area contributed by atoms with E-state index in [2.05, 4.69) is 33.2 Å². The molecule has 6 aromatic rings. The van der Waals surface area contributed by atoms with Gasteiger partial charge in [-0.3, -0.25) is 47.8 Å². The van der Waals surface area contributed by atoms with Crippen molar-refractivity contribution in [1.29, 1.82) is 0 Å². The molecule has 14 rings (SSSR count). The molecule has 0 bridgehead atoms. The van der Waals surface area contributed by atoms with E-state index in [0.717, 1.165) is 49.7 Å². The number of aromatic nitrogens is 2. The van der Waals surface area contributed by atoms with Crippen molar-refractivity contribution in [3.8, 4) is 45.5 Å². The van der Waals surface area contributed by atoms with Gasteiger partial charge in [-0.05, 0) is 112 Å². The number of benzene rings is 4. The van der Waals surface area contributed by atoms with Gasteiger partial charge in [0.2, 0.25) is 55.5 Å². The van der Waals surface area contributed by atoms with Gasteiger partial charge in [-0.2, -0.15) is 0 Å². The van der Waals surface area contributed by atoms with Gasteiger partial charge in [0, 0.05) is 110 Å². The van der Waals surface area contributed by atoms with Crippen LogP contribution in [0.5, 0.6) is 23.0 Å². The lowest BCUT2D eigenvalue weighted by atomic mass is 9.77. The molecular weight excluding hydrogens is 1490 g/mol. The number of hydrogen-bond acceptors (Lipinski definition) is 18. The number of rotatable bonds is 26. The fraction of sp³-hybridized carbons (Fsp3) is 0.512. The first-order valence-electron chi connectivity index (χ1n) is 39.9. The van der Waals surface area contributed by atoms with Gasteiger partial charge in [0.05, 0.1) is 72.1 Å². The molecule has 26 nitrogen and oxygen atoms in total. The van der Waals surface area contributed by atoms with Crippen molar-refractivity contribution < 1.29 is 74.1 Å². The molecule has 6 heterocycles. The average molecular weight is 1600 g/mol. The number of likely N-dealkylation sites (tertiary alicyclic amines) is 4. The quantitative estimate of drug-likeness (QED) is 0.0367. The van der Waals surface area contributed by atoms with E-state index in [0.29, 0.717) is 108 Å². The molecule has 114 heavy (non-hydrogen) atoms. The average Bonchev–Trinajstić information content (AvgIpc) is 1.57. The molecule has 8 fully saturated rings. The van der Waals surface area contributed by atoms with E-state index in [1.165, 1.54) is 22.0 Å². The second-order valence-corrected chi connectivity index (χ2v) is 37.9. The van der Waals surface area contributed by atoms with Crippen molar-refractivity contribution in [2.24, 2.45) is 34.5 Å². The van der Waals surface area contributed by atoms with Crippen molar-refractivity contribution in [2.45, 2.75) is 190 Å². The van der Waals surface area contributed by atoms with Gasteiger partial charge < -0.3 is 49.2 Å². The second kappa shape index (κ2) is 33.1. The van der Waals surface area contributed by atoms with E-state index >= 15 is 0 Å². The molecule has 8 aliphatic rings. The van der Waals surface area contributed by atoms with Crippen LogP contribution in [-0.4, -0.2) is 193 Å². The van der Waals surface area contributed by atoms with Crippen LogP contribution in [0, 0.1) is 34.5 Å². The fourth-order valence-corrected chi connectivity index (χ4v) is 19.0. The molecule has 4 saturated heterocycles. The Balaban J connectivity index is 0.000000199. The van der Waals surface area contributed by atoms with Crippen LogP contribution in [0.2, 0.25) is 0 Å². The van der Waals surface area contributed by atoms with Crippen LogP contribution in [0.25, 0.3) is 44.3 Å². The normalized spacial score (nSPS) is 24.0. The number of sulfonamides is 2. The number of nitrogens with one attached hydrogen (secondary N) is 4. The number of fused-ring (bicyclic) bond motifs is 2. The Kier molecular flexibility index (Phi) is 23.8. The molecule has 8 amide bonds. The fourth-order valence-electron chi connectivity index (χ4n) is 16.3. The zero-order chi connectivity index (χ0) is 81.4. The summed E-state index contributed by atoms with van der Waals surface area (Å²) in [6.07, 6.45) is 9.82. The Hall–Kier alpha value is -9.96. The lowest BCUT2D eigenvalue weighted by molar-refractivity contribution is -0.148. The number of ether oxygens (including phenoxy) is 4. The molecule has 28 heteroatoms. The van der Waals surface area contributed by atoms with Crippen LogP contribution in [0.4, 0.5) is 0 Å². The van der Waals surface area contributed by atoms with E-state index in [4.69, 9.17) is 28.9 Å². The number of carbonyl (C=O) groups excluding carboxylic acids is 8. The minimum atomic E-state index is -3.90. The topological polar surface area (TPSA) is 329 Å². The van der Waals surface area contributed by atoms with E-state index in [9.17, 15) is 55.2 Å². The lowest BCUT2D eigenvalue weighted by Gasteiger charge is -2.36. The second-order valence-electron chi connectivity index (χ2n) is 34.0. The van der Waals surface area contributed by atoms with Gasteiger partial charge in [-0.25, -0.2) is 26.8 Å². The van der Waals surface area contributed by atoms with Crippen LogP contribution in [-0.2, 0) is 58.4 Å². The molecule has 4 saturated carbocycles. The third kappa shape index (κ3) is 18.1. The molecule has 4 aromatic carbocycles. The van der Waals surface area contributed by atoms with Crippen molar-refractivity contribution in [1.82, 2.24) is 49.6 Å². The maximum absolute atomic E-state index is 14.9. The van der Waals surface area contributed by atoms with Crippen LogP contribution in [0.3, 0.4) is 0 Å². The molecule has 4 aliphatic carbocycles. The van der Waals surface area contributed by atoms with Crippen molar-refractivity contribution >= 4 is 89.1 Å². The lowest BCUT2D eigenvalue weighted by Crippen LogP contribution is -2.57. The molecule has 4 aliphatic heterocycles. The SMILES string of the molecule is C=CC1CC1(NC(=O)[C@@H]1C[C@@H](Oc2cc(-c3ccccc3)nc3cc(OC)ccc23)CN1C(=O)[C@@H](CC(=O)N1CCCCC1)C(C)(C)C)C(=O)NS(=O)(=O)C1CC1.C=CC1C[C@]1(NC(=O)[C@@H]1C[C@@H](Oc2cc(-c3ccccc3)nc3cc(OC)ccc23)CN1C(=O)[C@@H](CC(=O)N1CCCCC1)C(C)(C)C)C(=O)NS(=O)(=O)C1CC1. The van der Waals surface area contributed by atoms with Crippen molar-refractivity contribution in [3.63, 3.8) is 0 Å². The highest BCUT2D eigenvalue weighted by atomic mass is 32.2. The Morgan fingerprint density at radius 1 is 0.518 bits per heavy atom. The van der Waals surface area contributed by atoms with Crippen LogP contribution >= 0.6 is 0 Å². The van der Waals surface area contributed by atoms with Gasteiger partial charge >= 0.3 is 0 Å². The summed E-state index contributed by atoms with van der Waals surface area (Å²) in [6, 6.07) is 31.8. The van der Waals surface area contributed by atoms with E-state index in [1.807, 2.05) is 161 Å². The number of piperidine rings is 2. The van der Waals surface area contributed by atoms with Crippen molar-refractivity contribution in [2.75, 3.05) is 53.5 Å². The maximum Gasteiger partial charge on any atom is 0.259 e. The monoisotopic (exact) mass is 1600 g/mol. The predicted molar refractivity (Wildman–Crippen MR) is 431 cm³/mol. The summed E-state index contributed by atoms with van der Waals surface area (Å²) >= 11 is 0. The predicted octanol–water partition coefficient (Wildman–Crippen LogP) is 9.99. The minimum Gasteiger partial charge on any atom is -0.497 e. The van der Waals surface area contributed by atoms with Gasteiger partial charge in [-0.1, -0.05) is 114 Å². The molecule has 0 radical (unpaired) electrons. The summed E-state index contributed by atoms with van der Waals surface area (Å²) in [5, 5.41) is 5.89. The van der Waals surface area contributed by atoms with Crippen LogP contribution in [0.1, 0.15) is 144 Å². The Morgan fingerprint density at radius 3 is 1.19 bits per heavy atom. The van der Waals surface area contributed by atoms with Crippen molar-refractivity contribution in [3.05, 3.63) is 135 Å². The number of hydrogen-bond donors (Lipinski definition) is 4. The molecule has 0 spiro atoms. The number of pyridine rings is 2. The summed E-state index contributed by atoms with van der Waals surface area (Å²) in [5.41, 5.74) is -0.0315. The van der Waals surface area contributed by atoms with Crippen LogP contribution in [0.15, 0.2) is 135 Å². The highest BCUT2D eigenvalue weighted by Gasteiger charge is 2.64. The number of carbonyl (C=O) groups is 8. The third-order valence-corrected chi connectivity index (χ3v) is 27.4. The van der Waals surface area contributed by atoms with E-state index < -0.39 is 124 Å². The third-order valence-electron chi connectivity index (χ3n) is 23.7. The summed E-state index contributed by atoms with van der Waals surface area (Å²) < 4.78 is 80.1. The molecular formula is C86H106N10O16S2. The molecule has 3 unspecified atom stereocenters. The smallest absolute Gasteiger partial charge is 0.259 e. The van der Waals surface area contributed by atoms with Gasteiger partial charge in [0.1, 0.15) is 58.4 Å². The first-order valence-corrected chi connectivity index (χ1v) is 43.0. The number of nitrogens with zero attached hydrogens (tertiary/aromatic N) is 6. The summed E-state index contributed by atoms with van der Waals surface area (Å²) in [7, 11) is -4.63. The largest absolute Gasteiger partial charge is 0.497 e. The Bertz CT molecular complexity index is 4630. The number of methoxy groups -OCH3 is 2. The summed E-state index contributed by atoms with van der Waals surface area (Å²) in [5.74, 6) is -4.05. The highest BCUT2D eigenvalue weighted by molar-refractivity contribution is 7.91. The first kappa shape index (κ1) is 82.0. The Morgan fingerprint density at radius 2 is 0.877 bits per heavy atom. The molecule has 4 N–H and O–H groups in total. The molecule has 10 atom stereocenters. The van der Waals surface area contributed by atoms with Gasteiger partial charge in [0.15, 0.2) is 0 Å². The molecule has 2 aromatic heterocycles. The first-order chi connectivity index (χ1) is 54.3. The Labute approximate surface area is 667 Å². The van der Waals surface area contributed by atoms with Gasteiger partial charge in [0.25, 0.3) is 11.8 Å². The van der Waals surface area contributed by atoms with E-state index in [-0.39, 0.29) is 75.2 Å². The zero-order valence-corrected chi connectivity index (χ0v) is 68.0. The van der Waals surface area contributed by atoms with E-state index in [1.54, 1.807) is 14.2 Å². The summed E-state index contributed by atoms with van der Waals surface area (Å²) in [4.78, 5) is 130. The molecule has 608 valence electrons. The zero-order valence-electron chi connectivity index (χ0n) is 66.3. The highest BCUT2D eigenvalue weighted by Crippen LogP contribution is 2.48. The minimum absolute atomic E-state index is 0.0140. The number of amides is 8. The maximum atomic E-state index is 14.9. The standard InChI is InChI=1S/2C43H53N5O8S/c2*1-6-28-25-43(28,41(52)46-57(53,54)31-16-17-31)45-39(50)36-22-30(26-48(36)40(51)33(42(2,3)4)23-38(49)47-19-11-8-12-20-47)56-37-24-34(27-13-9-7-10-14-27)44-35-21-29(55-5)15-18-32(35)37/h2*6-7,9-10,13-15,18,21,24,28,30-31,33,36H,1,8,11-12,16-17,19-20,22-23,25-26H2,2-5H3,(H,45,50)(H,46,52)/t28?,30-,33-,36+,43?;28?,30-,33-,36+,43-/m11/s1. The van der Waals surface area contributed by atoms with Crippen LogP contribution < -0.4 is 39.0 Å². The van der Waals surface area contributed by atoms with Gasteiger partial charge in [-0.15, -0.1) is 13.2 Å². The summed E-state index contributed by atoms with van der Waals surface area (Å²) in [6.45, 7) is 21.8.